The number of carbonyl (C=O) groups excluding carboxylic acids is 2. The van der Waals surface area contributed by atoms with Crippen LogP contribution >= 0.6 is 11.8 Å². The Bertz CT molecular complexity index is 915. The molecule has 1 saturated heterocycles. The van der Waals surface area contributed by atoms with Gasteiger partial charge in [-0.2, -0.15) is 17.0 Å². The van der Waals surface area contributed by atoms with Gasteiger partial charge in [0.1, 0.15) is 0 Å². The number of anilines is 2. The number of amides is 2. The average Bonchev–Trinajstić information content (AvgIpc) is 2.75. The summed E-state index contributed by atoms with van der Waals surface area (Å²) in [7, 11) is 0. The first kappa shape index (κ1) is 20.7. The maximum Gasteiger partial charge on any atom is 0.254 e. The van der Waals surface area contributed by atoms with Gasteiger partial charge in [0.15, 0.2) is 0 Å². The number of thioether (sulfide) groups is 1. The molecule has 2 N–H and O–H groups in total. The van der Waals surface area contributed by atoms with Gasteiger partial charge in [0.2, 0.25) is 5.91 Å². The minimum atomic E-state index is -0.179. The van der Waals surface area contributed by atoms with Crippen LogP contribution in [0.3, 0.4) is 0 Å². The first-order valence-electron chi connectivity index (χ1n) is 9.54. The number of nitrogens with zero attached hydrogens (tertiary/aromatic N) is 2. The van der Waals surface area contributed by atoms with Crippen molar-refractivity contribution in [2.24, 2.45) is 0 Å². The van der Waals surface area contributed by atoms with E-state index < -0.39 is 0 Å². The van der Waals surface area contributed by atoms with Gasteiger partial charge in [0.05, 0.1) is 19.0 Å². The van der Waals surface area contributed by atoms with Crippen molar-refractivity contribution in [1.82, 2.24) is 4.90 Å². The molecule has 0 aliphatic carbocycles. The van der Waals surface area contributed by atoms with E-state index in [9.17, 15) is 9.59 Å². The van der Waals surface area contributed by atoms with Crippen molar-refractivity contribution in [2.45, 2.75) is 13.3 Å². The van der Waals surface area contributed by atoms with E-state index in [0.717, 1.165) is 41.4 Å². The van der Waals surface area contributed by atoms with Crippen molar-refractivity contribution in [2.75, 3.05) is 41.8 Å². The Labute approximate surface area is 175 Å². The van der Waals surface area contributed by atoms with Crippen molar-refractivity contribution in [3.8, 4) is 6.07 Å². The Hall–Kier alpha value is -2.98. The molecule has 7 heteroatoms. The molecule has 150 valence electrons. The van der Waals surface area contributed by atoms with Crippen molar-refractivity contribution < 1.29 is 9.59 Å². The van der Waals surface area contributed by atoms with Crippen LogP contribution in [0.15, 0.2) is 42.5 Å². The number of rotatable bonds is 6. The maximum absolute atomic E-state index is 12.8. The molecule has 2 aromatic rings. The molecule has 2 amide bonds. The van der Waals surface area contributed by atoms with Gasteiger partial charge in [-0.15, -0.1) is 0 Å². The molecule has 29 heavy (non-hydrogen) atoms. The fourth-order valence-corrected chi connectivity index (χ4v) is 4.08. The molecule has 1 aliphatic heterocycles. The summed E-state index contributed by atoms with van der Waals surface area (Å²) in [6.07, 6.45) is 0.348. The van der Waals surface area contributed by atoms with Gasteiger partial charge in [-0.1, -0.05) is 18.2 Å². The van der Waals surface area contributed by atoms with Crippen molar-refractivity contribution in [3.63, 3.8) is 0 Å². The summed E-state index contributed by atoms with van der Waals surface area (Å²) in [5, 5.41) is 14.7. The van der Waals surface area contributed by atoms with Crippen LogP contribution in [-0.2, 0) is 11.2 Å². The lowest BCUT2D eigenvalue weighted by molar-refractivity contribution is -0.114. The standard InChI is InChI=1S/C22H24N4O2S/c1-16-19(22(28)26-11-13-29-14-12-26)3-2-4-20(16)24-15-21(27)25-18-7-5-17(6-8-18)9-10-23/h2-8,24H,9,11-15H2,1H3,(H,25,27). The Kier molecular flexibility index (Phi) is 7.14. The third-order valence-electron chi connectivity index (χ3n) is 4.82. The molecule has 6 nitrogen and oxygen atoms in total. The van der Waals surface area contributed by atoms with Crippen molar-refractivity contribution >= 4 is 35.0 Å². The van der Waals surface area contributed by atoms with Crippen LogP contribution in [0.1, 0.15) is 21.5 Å². The number of nitrogens with one attached hydrogen (secondary N) is 2. The van der Waals surface area contributed by atoms with Crippen LogP contribution in [0.4, 0.5) is 11.4 Å². The molecule has 0 spiro atoms. The summed E-state index contributed by atoms with van der Waals surface area (Å²) in [5.74, 6) is 1.82. The Morgan fingerprint density at radius 3 is 2.55 bits per heavy atom. The number of benzene rings is 2. The molecule has 0 atom stereocenters. The summed E-state index contributed by atoms with van der Waals surface area (Å²) in [5.41, 5.74) is 3.90. The number of hydrogen-bond acceptors (Lipinski definition) is 5. The van der Waals surface area contributed by atoms with E-state index in [1.54, 1.807) is 12.1 Å². The zero-order chi connectivity index (χ0) is 20.6. The predicted molar refractivity (Wildman–Crippen MR) is 117 cm³/mol. The normalized spacial score (nSPS) is 13.4. The molecule has 0 saturated carbocycles. The van der Waals surface area contributed by atoms with Gasteiger partial charge in [-0.25, -0.2) is 0 Å². The SMILES string of the molecule is Cc1c(NCC(=O)Nc2ccc(CC#N)cc2)cccc1C(=O)N1CCSCC1. The monoisotopic (exact) mass is 408 g/mol. The lowest BCUT2D eigenvalue weighted by Gasteiger charge is -2.27. The van der Waals surface area contributed by atoms with Crippen LogP contribution in [0.5, 0.6) is 0 Å². The quantitative estimate of drug-likeness (QED) is 0.766. The minimum absolute atomic E-state index is 0.0494. The molecule has 1 heterocycles. The zero-order valence-corrected chi connectivity index (χ0v) is 17.2. The van der Waals surface area contributed by atoms with Gasteiger partial charge in [0.25, 0.3) is 5.91 Å². The summed E-state index contributed by atoms with van der Waals surface area (Å²) in [6.45, 7) is 3.55. The molecule has 0 radical (unpaired) electrons. The van der Waals surface area contributed by atoms with E-state index in [1.807, 2.05) is 53.9 Å². The smallest absolute Gasteiger partial charge is 0.254 e. The number of hydrogen-bond donors (Lipinski definition) is 2. The molecular weight excluding hydrogens is 384 g/mol. The van der Waals surface area contributed by atoms with Crippen LogP contribution in [0.25, 0.3) is 0 Å². The number of nitriles is 1. The van der Waals surface area contributed by atoms with Crippen LogP contribution in [0.2, 0.25) is 0 Å². The lowest BCUT2D eigenvalue weighted by Crippen LogP contribution is -2.38. The highest BCUT2D eigenvalue weighted by Crippen LogP contribution is 2.22. The van der Waals surface area contributed by atoms with E-state index >= 15 is 0 Å². The summed E-state index contributed by atoms with van der Waals surface area (Å²) < 4.78 is 0. The molecule has 0 unspecified atom stereocenters. The van der Waals surface area contributed by atoms with E-state index in [4.69, 9.17) is 5.26 Å². The Balaban J connectivity index is 1.59. The van der Waals surface area contributed by atoms with Gasteiger partial charge >= 0.3 is 0 Å². The molecule has 3 rings (SSSR count). The topological polar surface area (TPSA) is 85.2 Å². The molecule has 0 bridgehead atoms. The predicted octanol–water partition coefficient (Wildman–Crippen LogP) is 3.30. The van der Waals surface area contributed by atoms with Crippen LogP contribution < -0.4 is 10.6 Å². The van der Waals surface area contributed by atoms with E-state index in [-0.39, 0.29) is 18.4 Å². The lowest BCUT2D eigenvalue weighted by atomic mass is 10.1. The highest BCUT2D eigenvalue weighted by molar-refractivity contribution is 7.99. The van der Waals surface area contributed by atoms with Crippen molar-refractivity contribution in [1.29, 1.82) is 5.26 Å². The second-order valence-corrected chi connectivity index (χ2v) is 8.04. The van der Waals surface area contributed by atoms with Gasteiger partial charge in [-0.05, 0) is 42.3 Å². The van der Waals surface area contributed by atoms with Crippen LogP contribution in [-0.4, -0.2) is 47.9 Å². The first-order valence-corrected chi connectivity index (χ1v) is 10.7. The third kappa shape index (κ3) is 5.52. The first-order chi connectivity index (χ1) is 14.1. The third-order valence-corrected chi connectivity index (χ3v) is 5.77. The molecule has 1 aliphatic rings. The van der Waals surface area contributed by atoms with Gasteiger partial charge in [0, 0.05) is 41.5 Å². The van der Waals surface area contributed by atoms with Crippen molar-refractivity contribution in [3.05, 3.63) is 59.2 Å². The molecule has 0 aromatic heterocycles. The van der Waals surface area contributed by atoms with Crippen LogP contribution in [0, 0.1) is 18.3 Å². The second-order valence-electron chi connectivity index (χ2n) is 6.82. The second kappa shape index (κ2) is 9.99. The molecule has 2 aromatic carbocycles. The van der Waals surface area contributed by atoms with Gasteiger partial charge < -0.3 is 15.5 Å². The average molecular weight is 409 g/mol. The minimum Gasteiger partial charge on any atom is -0.376 e. The maximum atomic E-state index is 12.8. The molecular formula is C22H24N4O2S. The van der Waals surface area contributed by atoms with E-state index in [2.05, 4.69) is 16.7 Å². The number of carbonyl (C=O) groups is 2. The largest absolute Gasteiger partial charge is 0.376 e. The summed E-state index contributed by atoms with van der Waals surface area (Å²) in [4.78, 5) is 27.0. The molecule has 1 fully saturated rings. The fourth-order valence-electron chi connectivity index (χ4n) is 3.17. The highest BCUT2D eigenvalue weighted by atomic mass is 32.2. The summed E-state index contributed by atoms with van der Waals surface area (Å²) in [6, 6.07) is 14.9. The van der Waals surface area contributed by atoms with E-state index in [1.165, 1.54) is 0 Å². The zero-order valence-electron chi connectivity index (χ0n) is 16.4. The summed E-state index contributed by atoms with van der Waals surface area (Å²) >= 11 is 1.87. The van der Waals surface area contributed by atoms with Gasteiger partial charge in [-0.3, -0.25) is 9.59 Å². The highest BCUT2D eigenvalue weighted by Gasteiger charge is 2.20. The Morgan fingerprint density at radius 1 is 1.14 bits per heavy atom. The van der Waals surface area contributed by atoms with E-state index in [0.29, 0.717) is 17.7 Å². The Morgan fingerprint density at radius 2 is 1.86 bits per heavy atom. The fraction of sp³-hybridized carbons (Fsp3) is 0.318.